The van der Waals surface area contributed by atoms with Gasteiger partial charge in [-0.2, -0.15) is 10.5 Å². The lowest BCUT2D eigenvalue weighted by Crippen LogP contribution is -2.15. The van der Waals surface area contributed by atoms with E-state index in [1.807, 2.05) is 6.07 Å². The van der Waals surface area contributed by atoms with Gasteiger partial charge in [-0.25, -0.2) is 4.79 Å². The molecule has 5 heteroatoms. The van der Waals surface area contributed by atoms with Crippen LogP contribution in [0.5, 0.6) is 11.5 Å². The molecule has 0 radical (unpaired) electrons. The highest BCUT2D eigenvalue weighted by Gasteiger charge is 2.22. The first kappa shape index (κ1) is 31.2. The van der Waals surface area contributed by atoms with Crippen LogP contribution in [0.25, 0.3) is 0 Å². The standard InChI is InChI=1S/C35H46N2O3/c1-4-6-7-10-27-11-13-28(14-12-27)15-16-29-19-22-34(33(25-37)32(29)24-36)40-35(38)30-17-20-31(21-18-30)39-23-8-9-26(3)5-2/h17-22,26-28H,4-16,23H2,1-3H3/t26-,27?,28?/m0/s1. The maximum atomic E-state index is 12.8. The molecule has 1 atom stereocenters. The molecule has 0 saturated heterocycles. The van der Waals surface area contributed by atoms with Gasteiger partial charge in [-0.3, -0.25) is 0 Å². The first-order chi connectivity index (χ1) is 19.5. The highest BCUT2D eigenvalue weighted by molar-refractivity contribution is 5.91. The number of nitriles is 2. The highest BCUT2D eigenvalue weighted by atomic mass is 16.5. The molecule has 2 aromatic rings. The van der Waals surface area contributed by atoms with Gasteiger partial charge in [0.05, 0.1) is 17.7 Å². The molecule has 214 valence electrons. The topological polar surface area (TPSA) is 83.1 Å². The minimum absolute atomic E-state index is 0.130. The molecule has 2 aromatic carbocycles. The zero-order valence-corrected chi connectivity index (χ0v) is 24.7. The van der Waals surface area contributed by atoms with Gasteiger partial charge < -0.3 is 9.47 Å². The van der Waals surface area contributed by atoms with E-state index in [4.69, 9.17) is 9.47 Å². The van der Waals surface area contributed by atoms with Crippen LogP contribution in [-0.4, -0.2) is 12.6 Å². The summed E-state index contributed by atoms with van der Waals surface area (Å²) in [6, 6.07) is 14.7. The zero-order chi connectivity index (χ0) is 28.7. The molecule has 1 aliphatic rings. The van der Waals surface area contributed by atoms with Crippen molar-refractivity contribution in [2.75, 3.05) is 6.61 Å². The van der Waals surface area contributed by atoms with Gasteiger partial charge in [0.25, 0.3) is 0 Å². The summed E-state index contributed by atoms with van der Waals surface area (Å²) in [4.78, 5) is 12.8. The van der Waals surface area contributed by atoms with Gasteiger partial charge in [0, 0.05) is 0 Å². The van der Waals surface area contributed by atoms with Gasteiger partial charge >= 0.3 is 5.97 Å². The molecular weight excluding hydrogens is 496 g/mol. The molecule has 0 aromatic heterocycles. The van der Waals surface area contributed by atoms with Crippen molar-refractivity contribution in [3.05, 3.63) is 58.7 Å². The summed E-state index contributed by atoms with van der Waals surface area (Å²) in [5, 5.41) is 19.7. The molecule has 0 unspecified atom stereocenters. The van der Waals surface area contributed by atoms with Crippen LogP contribution in [-0.2, 0) is 6.42 Å². The number of benzene rings is 2. The number of ether oxygens (including phenoxy) is 2. The molecule has 5 nitrogen and oxygen atoms in total. The van der Waals surface area contributed by atoms with Gasteiger partial charge in [-0.1, -0.05) is 84.6 Å². The normalized spacial score (nSPS) is 17.4. The number of hydrogen-bond acceptors (Lipinski definition) is 5. The van der Waals surface area contributed by atoms with Crippen LogP contribution in [0.4, 0.5) is 0 Å². The Labute approximate surface area is 241 Å². The highest BCUT2D eigenvalue weighted by Crippen LogP contribution is 2.35. The summed E-state index contributed by atoms with van der Waals surface area (Å²) in [5.41, 5.74) is 1.68. The number of rotatable bonds is 15. The average Bonchev–Trinajstić information content (AvgIpc) is 2.99. The van der Waals surface area contributed by atoms with Crippen LogP contribution in [0, 0.1) is 40.4 Å². The fourth-order valence-electron chi connectivity index (χ4n) is 5.68. The minimum atomic E-state index is -0.563. The van der Waals surface area contributed by atoms with Crippen LogP contribution in [0.2, 0.25) is 0 Å². The van der Waals surface area contributed by atoms with Crippen LogP contribution in [0.1, 0.15) is 125 Å². The number of carbonyl (C=O) groups excluding carboxylic acids is 1. The Bertz CT molecular complexity index is 1150. The summed E-state index contributed by atoms with van der Waals surface area (Å²) in [5.74, 6) is 2.51. The molecule has 1 aliphatic carbocycles. The van der Waals surface area contributed by atoms with Crippen molar-refractivity contribution in [3.8, 4) is 23.6 Å². The molecule has 3 rings (SSSR count). The Morgan fingerprint density at radius 2 is 1.57 bits per heavy atom. The second kappa shape index (κ2) is 16.7. The van der Waals surface area contributed by atoms with Crippen molar-refractivity contribution in [1.29, 1.82) is 10.5 Å². The van der Waals surface area contributed by atoms with Crippen LogP contribution in [0.3, 0.4) is 0 Å². The largest absolute Gasteiger partial charge is 0.494 e. The number of hydrogen-bond donors (Lipinski definition) is 0. The zero-order valence-electron chi connectivity index (χ0n) is 24.7. The summed E-state index contributed by atoms with van der Waals surface area (Å²) in [6.45, 7) is 7.33. The van der Waals surface area contributed by atoms with E-state index < -0.39 is 5.97 Å². The van der Waals surface area contributed by atoms with E-state index in [0.717, 1.165) is 37.2 Å². The van der Waals surface area contributed by atoms with E-state index in [1.54, 1.807) is 30.3 Å². The average molecular weight is 543 g/mol. The summed E-state index contributed by atoms with van der Waals surface area (Å²) in [6.07, 6.45) is 15.5. The Kier molecular flexibility index (Phi) is 13.0. The second-order valence-electron chi connectivity index (χ2n) is 11.5. The molecule has 0 aliphatic heterocycles. The van der Waals surface area contributed by atoms with Gasteiger partial charge in [0.1, 0.15) is 29.2 Å². The molecular formula is C35H46N2O3. The third-order valence-corrected chi connectivity index (χ3v) is 8.58. The number of unbranched alkanes of at least 4 members (excludes halogenated alkanes) is 2. The molecule has 1 saturated carbocycles. The molecule has 1 fully saturated rings. The van der Waals surface area contributed by atoms with Crippen molar-refractivity contribution < 1.29 is 14.3 Å². The lowest BCUT2D eigenvalue weighted by molar-refractivity contribution is 0.0734. The number of nitrogens with zero attached hydrogens (tertiary/aromatic N) is 2. The van der Waals surface area contributed by atoms with Crippen molar-refractivity contribution in [1.82, 2.24) is 0 Å². The molecule has 0 amide bonds. The van der Waals surface area contributed by atoms with Crippen molar-refractivity contribution in [2.24, 2.45) is 17.8 Å². The lowest BCUT2D eigenvalue weighted by atomic mass is 9.77. The quantitative estimate of drug-likeness (QED) is 0.127. The van der Waals surface area contributed by atoms with Crippen LogP contribution in [0.15, 0.2) is 36.4 Å². The van der Waals surface area contributed by atoms with E-state index in [0.29, 0.717) is 35.3 Å². The number of esters is 1. The number of aryl methyl sites for hydroxylation is 1. The Morgan fingerprint density at radius 1 is 0.900 bits per heavy atom. The van der Waals surface area contributed by atoms with Gasteiger partial charge in [-0.05, 0) is 79.3 Å². The molecule has 40 heavy (non-hydrogen) atoms. The Balaban J connectivity index is 1.55. The minimum Gasteiger partial charge on any atom is -0.494 e. The van der Waals surface area contributed by atoms with E-state index in [9.17, 15) is 15.3 Å². The SMILES string of the molecule is CCCCCC1CCC(CCc2ccc(OC(=O)c3ccc(OCCC[C@@H](C)CC)cc3)c(C#N)c2C#N)CC1. The smallest absolute Gasteiger partial charge is 0.343 e. The second-order valence-corrected chi connectivity index (χ2v) is 11.5. The van der Waals surface area contributed by atoms with E-state index in [2.05, 4.69) is 32.9 Å². The fourth-order valence-corrected chi connectivity index (χ4v) is 5.68. The van der Waals surface area contributed by atoms with Gasteiger partial charge in [-0.15, -0.1) is 0 Å². The van der Waals surface area contributed by atoms with Crippen molar-refractivity contribution in [3.63, 3.8) is 0 Å². The summed E-state index contributed by atoms with van der Waals surface area (Å²) < 4.78 is 11.4. The third-order valence-electron chi connectivity index (χ3n) is 8.58. The predicted octanol–water partition coefficient (Wildman–Crippen LogP) is 9.17. The third kappa shape index (κ3) is 9.41. The summed E-state index contributed by atoms with van der Waals surface area (Å²) >= 11 is 0. The van der Waals surface area contributed by atoms with Crippen molar-refractivity contribution >= 4 is 5.97 Å². The Morgan fingerprint density at radius 3 is 2.20 bits per heavy atom. The lowest BCUT2D eigenvalue weighted by Gasteiger charge is -2.28. The van der Waals surface area contributed by atoms with E-state index in [-0.39, 0.29) is 11.3 Å². The maximum absolute atomic E-state index is 12.8. The maximum Gasteiger partial charge on any atom is 0.343 e. The molecule has 0 N–H and O–H groups in total. The molecule has 0 heterocycles. The first-order valence-electron chi connectivity index (χ1n) is 15.4. The first-order valence-corrected chi connectivity index (χ1v) is 15.4. The molecule has 0 spiro atoms. The van der Waals surface area contributed by atoms with Crippen LogP contribution >= 0.6 is 0 Å². The van der Waals surface area contributed by atoms with Gasteiger partial charge in [0.2, 0.25) is 0 Å². The summed E-state index contributed by atoms with van der Waals surface area (Å²) in [7, 11) is 0. The molecule has 0 bridgehead atoms. The predicted molar refractivity (Wildman–Crippen MR) is 159 cm³/mol. The van der Waals surface area contributed by atoms with Gasteiger partial charge in [0.15, 0.2) is 0 Å². The van der Waals surface area contributed by atoms with E-state index in [1.165, 1.54) is 57.8 Å². The fraction of sp³-hybridized carbons (Fsp3) is 0.571. The monoisotopic (exact) mass is 542 g/mol. The number of carbonyl (C=O) groups is 1. The van der Waals surface area contributed by atoms with Crippen LogP contribution < -0.4 is 9.47 Å². The Hall–Kier alpha value is -3.31. The van der Waals surface area contributed by atoms with E-state index >= 15 is 0 Å². The van der Waals surface area contributed by atoms with Crippen molar-refractivity contribution in [2.45, 2.75) is 104 Å².